The highest BCUT2D eigenvalue weighted by atomic mass is 15.1. The number of benzene rings is 1. The summed E-state index contributed by atoms with van der Waals surface area (Å²) in [6.07, 6.45) is 5.35. The third-order valence-corrected chi connectivity index (χ3v) is 4.41. The highest BCUT2D eigenvalue weighted by molar-refractivity contribution is 5.61. The number of hydrogen-bond acceptors (Lipinski definition) is 2. The standard InChI is InChI=1S/C16H24N2/c1-12-9-14(10-12)17-16-6-5-15(11-13(16)2)18-7-3-4-8-18/h5-6,11-12,14,17H,3-4,7-10H2,1-2H3. The highest BCUT2D eigenvalue weighted by Gasteiger charge is 2.25. The molecule has 0 unspecified atom stereocenters. The fraction of sp³-hybridized carbons (Fsp3) is 0.625. The number of hydrogen-bond donors (Lipinski definition) is 1. The molecule has 1 aromatic rings. The van der Waals surface area contributed by atoms with Crippen molar-refractivity contribution >= 4 is 11.4 Å². The minimum absolute atomic E-state index is 0.705. The van der Waals surface area contributed by atoms with Gasteiger partial charge in [0.15, 0.2) is 0 Å². The molecule has 1 heterocycles. The molecule has 2 heteroatoms. The minimum Gasteiger partial charge on any atom is -0.382 e. The molecule has 3 rings (SSSR count). The van der Waals surface area contributed by atoms with Gasteiger partial charge in [0.05, 0.1) is 0 Å². The monoisotopic (exact) mass is 244 g/mol. The summed E-state index contributed by atoms with van der Waals surface area (Å²) < 4.78 is 0. The molecule has 0 amide bonds. The zero-order valence-corrected chi connectivity index (χ0v) is 11.6. The zero-order valence-electron chi connectivity index (χ0n) is 11.6. The average molecular weight is 244 g/mol. The third kappa shape index (κ3) is 2.33. The second kappa shape index (κ2) is 4.83. The van der Waals surface area contributed by atoms with E-state index in [1.54, 1.807) is 0 Å². The lowest BCUT2D eigenvalue weighted by atomic mass is 9.81. The van der Waals surface area contributed by atoms with E-state index in [1.807, 2.05) is 0 Å². The Hall–Kier alpha value is -1.18. The zero-order chi connectivity index (χ0) is 12.5. The van der Waals surface area contributed by atoms with Gasteiger partial charge in [0.25, 0.3) is 0 Å². The minimum atomic E-state index is 0.705. The number of anilines is 2. The summed E-state index contributed by atoms with van der Waals surface area (Å²) in [5.74, 6) is 0.909. The van der Waals surface area contributed by atoms with Gasteiger partial charge in [-0.3, -0.25) is 0 Å². The summed E-state index contributed by atoms with van der Waals surface area (Å²) in [7, 11) is 0. The summed E-state index contributed by atoms with van der Waals surface area (Å²) in [5.41, 5.74) is 4.12. The summed E-state index contributed by atoms with van der Waals surface area (Å²) in [4.78, 5) is 2.50. The van der Waals surface area contributed by atoms with Gasteiger partial charge in [0.1, 0.15) is 0 Å². The predicted molar refractivity (Wildman–Crippen MR) is 78.4 cm³/mol. The van der Waals surface area contributed by atoms with Crippen molar-refractivity contribution in [1.82, 2.24) is 0 Å². The molecule has 1 aromatic carbocycles. The van der Waals surface area contributed by atoms with Crippen molar-refractivity contribution in [1.29, 1.82) is 0 Å². The van der Waals surface area contributed by atoms with E-state index in [9.17, 15) is 0 Å². The molecule has 2 aliphatic rings. The van der Waals surface area contributed by atoms with Crippen LogP contribution in [0.25, 0.3) is 0 Å². The lowest BCUT2D eigenvalue weighted by Gasteiger charge is -2.34. The van der Waals surface area contributed by atoms with Crippen LogP contribution < -0.4 is 10.2 Å². The molecule has 0 atom stereocenters. The van der Waals surface area contributed by atoms with Crippen LogP contribution in [0, 0.1) is 12.8 Å². The summed E-state index contributed by atoms with van der Waals surface area (Å²) in [5, 5.41) is 3.68. The first-order valence-electron chi connectivity index (χ1n) is 7.34. The molecule has 18 heavy (non-hydrogen) atoms. The SMILES string of the molecule is Cc1cc(N2CCCC2)ccc1NC1CC(C)C1. The Morgan fingerprint density at radius 3 is 2.50 bits per heavy atom. The third-order valence-electron chi connectivity index (χ3n) is 4.41. The Balaban J connectivity index is 1.68. The van der Waals surface area contributed by atoms with E-state index in [1.165, 1.54) is 55.7 Å². The Morgan fingerprint density at radius 2 is 1.89 bits per heavy atom. The maximum atomic E-state index is 3.68. The molecule has 0 aromatic heterocycles. The second-order valence-electron chi connectivity index (χ2n) is 6.11. The molecule has 0 bridgehead atoms. The Bertz CT molecular complexity index is 415. The summed E-state index contributed by atoms with van der Waals surface area (Å²) >= 11 is 0. The lowest BCUT2D eigenvalue weighted by Crippen LogP contribution is -2.34. The summed E-state index contributed by atoms with van der Waals surface area (Å²) in [6.45, 7) is 7.02. The van der Waals surface area contributed by atoms with E-state index in [4.69, 9.17) is 0 Å². The van der Waals surface area contributed by atoms with E-state index in [0.29, 0.717) is 6.04 Å². The van der Waals surface area contributed by atoms with Crippen LogP contribution in [0.15, 0.2) is 18.2 Å². The van der Waals surface area contributed by atoms with Crippen LogP contribution in [-0.2, 0) is 0 Å². The number of rotatable bonds is 3. The molecule has 2 nitrogen and oxygen atoms in total. The molecule has 1 aliphatic carbocycles. The molecule has 2 fully saturated rings. The predicted octanol–water partition coefficient (Wildman–Crippen LogP) is 3.81. The van der Waals surface area contributed by atoms with Crippen molar-refractivity contribution in [3.8, 4) is 0 Å². The second-order valence-corrected chi connectivity index (χ2v) is 6.11. The normalized spacial score (nSPS) is 27.1. The Morgan fingerprint density at radius 1 is 1.17 bits per heavy atom. The number of nitrogens with zero attached hydrogens (tertiary/aromatic N) is 1. The van der Waals surface area contributed by atoms with E-state index < -0.39 is 0 Å². The van der Waals surface area contributed by atoms with E-state index in [2.05, 4.69) is 42.3 Å². The van der Waals surface area contributed by atoms with Crippen LogP contribution in [0.3, 0.4) is 0 Å². The van der Waals surface area contributed by atoms with Gasteiger partial charge in [0.2, 0.25) is 0 Å². The smallest absolute Gasteiger partial charge is 0.0373 e. The van der Waals surface area contributed by atoms with Crippen molar-refractivity contribution in [2.75, 3.05) is 23.3 Å². The fourth-order valence-corrected chi connectivity index (χ4v) is 3.22. The molecule has 1 saturated heterocycles. The van der Waals surface area contributed by atoms with Crippen molar-refractivity contribution in [2.45, 2.75) is 45.6 Å². The fourth-order valence-electron chi connectivity index (χ4n) is 3.22. The van der Waals surface area contributed by atoms with Gasteiger partial charge in [-0.2, -0.15) is 0 Å². The van der Waals surface area contributed by atoms with Gasteiger partial charge in [-0.05, 0) is 62.3 Å². The molecule has 1 N–H and O–H groups in total. The molecule has 1 aliphatic heterocycles. The van der Waals surface area contributed by atoms with Crippen LogP contribution in [-0.4, -0.2) is 19.1 Å². The maximum absolute atomic E-state index is 3.68. The topological polar surface area (TPSA) is 15.3 Å². The molecule has 98 valence electrons. The molecule has 1 saturated carbocycles. The maximum Gasteiger partial charge on any atom is 0.0373 e. The van der Waals surface area contributed by atoms with Crippen LogP contribution in [0.5, 0.6) is 0 Å². The molecule has 0 radical (unpaired) electrons. The van der Waals surface area contributed by atoms with Gasteiger partial charge in [-0.1, -0.05) is 6.92 Å². The molecular formula is C16H24N2. The van der Waals surface area contributed by atoms with Gasteiger partial charge in [0, 0.05) is 30.5 Å². The lowest BCUT2D eigenvalue weighted by molar-refractivity contribution is 0.309. The molecule has 0 spiro atoms. The largest absolute Gasteiger partial charge is 0.382 e. The van der Waals surface area contributed by atoms with E-state index in [-0.39, 0.29) is 0 Å². The molecular weight excluding hydrogens is 220 g/mol. The van der Waals surface area contributed by atoms with Crippen LogP contribution in [0.1, 0.15) is 38.2 Å². The first kappa shape index (κ1) is 11.9. The van der Waals surface area contributed by atoms with Gasteiger partial charge in [-0.15, -0.1) is 0 Å². The van der Waals surface area contributed by atoms with E-state index in [0.717, 1.165) is 5.92 Å². The first-order chi connectivity index (χ1) is 8.72. The van der Waals surface area contributed by atoms with Crippen LogP contribution >= 0.6 is 0 Å². The van der Waals surface area contributed by atoms with Gasteiger partial charge in [-0.25, -0.2) is 0 Å². The van der Waals surface area contributed by atoms with Crippen molar-refractivity contribution < 1.29 is 0 Å². The van der Waals surface area contributed by atoms with Gasteiger partial charge < -0.3 is 10.2 Å². The van der Waals surface area contributed by atoms with E-state index >= 15 is 0 Å². The number of nitrogens with one attached hydrogen (secondary N) is 1. The highest BCUT2D eigenvalue weighted by Crippen LogP contribution is 2.32. The van der Waals surface area contributed by atoms with Crippen LogP contribution in [0.2, 0.25) is 0 Å². The van der Waals surface area contributed by atoms with Crippen LogP contribution in [0.4, 0.5) is 11.4 Å². The van der Waals surface area contributed by atoms with Crippen molar-refractivity contribution in [3.05, 3.63) is 23.8 Å². The van der Waals surface area contributed by atoms with Crippen molar-refractivity contribution in [3.63, 3.8) is 0 Å². The summed E-state index contributed by atoms with van der Waals surface area (Å²) in [6, 6.07) is 7.60. The first-order valence-corrected chi connectivity index (χ1v) is 7.34. The average Bonchev–Trinajstić information content (AvgIpc) is 2.83. The van der Waals surface area contributed by atoms with Gasteiger partial charge >= 0.3 is 0 Å². The quantitative estimate of drug-likeness (QED) is 0.870. The Kier molecular flexibility index (Phi) is 3.19. The van der Waals surface area contributed by atoms with Crippen molar-refractivity contribution in [2.24, 2.45) is 5.92 Å². The Labute approximate surface area is 110 Å². The number of aryl methyl sites for hydroxylation is 1.